The highest BCUT2D eigenvalue weighted by Crippen LogP contribution is 2.28. The molecule has 0 spiro atoms. The Morgan fingerprint density at radius 1 is 0.968 bits per heavy atom. The molecule has 168 valence electrons. The number of rotatable bonds is 10. The van der Waals surface area contributed by atoms with Crippen LogP contribution < -0.4 is 14.8 Å². The van der Waals surface area contributed by atoms with Crippen molar-refractivity contribution in [3.8, 4) is 11.5 Å². The van der Waals surface area contributed by atoms with Crippen LogP contribution in [0.5, 0.6) is 11.5 Å². The number of carbonyl (C=O) groups excluding carboxylic acids is 2. The second kappa shape index (κ2) is 11.4. The second-order valence-electron chi connectivity index (χ2n) is 7.58. The molecule has 0 radical (unpaired) electrons. The van der Waals surface area contributed by atoms with Gasteiger partial charge in [0.25, 0.3) is 0 Å². The number of amides is 2. The number of likely N-dealkylation sites (N-methyl/N-ethyl adjacent to an activating group) is 2. The second-order valence-corrected chi connectivity index (χ2v) is 7.58. The van der Waals surface area contributed by atoms with Gasteiger partial charge in [0.2, 0.25) is 11.8 Å². The Morgan fingerprint density at radius 3 is 2.19 bits per heavy atom. The number of anilines is 1. The number of benzene rings is 2. The van der Waals surface area contributed by atoms with E-state index >= 15 is 0 Å². The monoisotopic (exact) mass is 427 g/mol. The van der Waals surface area contributed by atoms with Crippen LogP contribution in [0.3, 0.4) is 0 Å². The first-order chi connectivity index (χ1) is 14.8. The molecule has 0 saturated heterocycles. The molecule has 2 amide bonds. The Morgan fingerprint density at radius 2 is 1.61 bits per heavy atom. The lowest BCUT2D eigenvalue weighted by molar-refractivity contribution is -0.132. The molecule has 0 aliphatic heterocycles. The maximum atomic E-state index is 12.8. The van der Waals surface area contributed by atoms with Crippen molar-refractivity contribution in [1.29, 1.82) is 0 Å². The first-order valence-electron chi connectivity index (χ1n) is 10.3. The Bertz CT molecular complexity index is 893. The standard InChI is InChI=1S/C24H33N3O4/c1-7-27(14-19-11-12-20(30-5)21(13-19)31-6)23(29)16-26(4)15-22(28)25-24-17(2)9-8-10-18(24)3/h8-13H,7,14-16H2,1-6H3,(H,25,28). The van der Waals surface area contributed by atoms with Crippen molar-refractivity contribution in [2.75, 3.05) is 46.2 Å². The van der Waals surface area contributed by atoms with E-state index in [0.29, 0.717) is 24.6 Å². The first-order valence-corrected chi connectivity index (χ1v) is 10.3. The fourth-order valence-corrected chi connectivity index (χ4v) is 3.40. The van der Waals surface area contributed by atoms with E-state index in [0.717, 1.165) is 22.4 Å². The summed E-state index contributed by atoms with van der Waals surface area (Å²) in [4.78, 5) is 28.8. The number of nitrogens with one attached hydrogen (secondary N) is 1. The van der Waals surface area contributed by atoms with Gasteiger partial charge < -0.3 is 19.7 Å². The van der Waals surface area contributed by atoms with E-state index in [1.807, 2.05) is 57.2 Å². The highest BCUT2D eigenvalue weighted by molar-refractivity contribution is 5.94. The Balaban J connectivity index is 1.95. The minimum atomic E-state index is -0.143. The van der Waals surface area contributed by atoms with E-state index in [2.05, 4.69) is 5.32 Å². The van der Waals surface area contributed by atoms with Crippen LogP contribution in [0.1, 0.15) is 23.6 Å². The molecule has 7 heteroatoms. The lowest BCUT2D eigenvalue weighted by Crippen LogP contribution is -2.41. The Hall–Kier alpha value is -3.06. The number of methoxy groups -OCH3 is 2. The van der Waals surface area contributed by atoms with Crippen molar-refractivity contribution in [2.24, 2.45) is 0 Å². The summed E-state index contributed by atoms with van der Waals surface area (Å²) in [6.07, 6.45) is 0. The van der Waals surface area contributed by atoms with Crippen LogP contribution in [0.15, 0.2) is 36.4 Å². The van der Waals surface area contributed by atoms with Crippen molar-refractivity contribution in [3.63, 3.8) is 0 Å². The minimum absolute atomic E-state index is 0.0420. The molecular formula is C24H33N3O4. The molecular weight excluding hydrogens is 394 g/mol. The van der Waals surface area contributed by atoms with Gasteiger partial charge in [0, 0.05) is 18.8 Å². The number of carbonyl (C=O) groups is 2. The van der Waals surface area contributed by atoms with Crippen LogP contribution in [-0.2, 0) is 16.1 Å². The van der Waals surface area contributed by atoms with E-state index in [-0.39, 0.29) is 24.9 Å². The topological polar surface area (TPSA) is 71.1 Å². The summed E-state index contributed by atoms with van der Waals surface area (Å²) < 4.78 is 10.6. The molecule has 31 heavy (non-hydrogen) atoms. The summed E-state index contributed by atoms with van der Waals surface area (Å²) >= 11 is 0. The third-order valence-corrected chi connectivity index (χ3v) is 5.12. The number of aryl methyl sites for hydroxylation is 2. The van der Waals surface area contributed by atoms with Gasteiger partial charge in [-0.1, -0.05) is 24.3 Å². The zero-order valence-corrected chi connectivity index (χ0v) is 19.3. The quantitative estimate of drug-likeness (QED) is 0.630. The van der Waals surface area contributed by atoms with Gasteiger partial charge in [0.15, 0.2) is 11.5 Å². The largest absolute Gasteiger partial charge is 0.493 e. The molecule has 0 bridgehead atoms. The lowest BCUT2D eigenvalue weighted by atomic mass is 10.1. The fourth-order valence-electron chi connectivity index (χ4n) is 3.40. The SMILES string of the molecule is CCN(Cc1ccc(OC)c(OC)c1)C(=O)CN(C)CC(=O)Nc1c(C)cccc1C. The molecule has 1 N–H and O–H groups in total. The molecule has 2 aromatic carbocycles. The number of para-hydroxylation sites is 1. The van der Waals surface area contributed by atoms with Gasteiger partial charge in [-0.2, -0.15) is 0 Å². The third-order valence-electron chi connectivity index (χ3n) is 5.12. The summed E-state index contributed by atoms with van der Waals surface area (Å²) in [7, 11) is 4.95. The van der Waals surface area contributed by atoms with E-state index in [1.165, 1.54) is 0 Å². The van der Waals surface area contributed by atoms with Gasteiger partial charge in [0.1, 0.15) is 0 Å². The van der Waals surface area contributed by atoms with Crippen molar-refractivity contribution in [1.82, 2.24) is 9.80 Å². The van der Waals surface area contributed by atoms with E-state index < -0.39 is 0 Å². The molecule has 0 saturated carbocycles. The van der Waals surface area contributed by atoms with Crippen molar-refractivity contribution < 1.29 is 19.1 Å². The number of hydrogen-bond donors (Lipinski definition) is 1. The molecule has 0 fully saturated rings. The van der Waals surface area contributed by atoms with Gasteiger partial charge >= 0.3 is 0 Å². The normalized spacial score (nSPS) is 10.7. The predicted molar refractivity (Wildman–Crippen MR) is 123 cm³/mol. The van der Waals surface area contributed by atoms with Crippen LogP contribution in [0.4, 0.5) is 5.69 Å². The van der Waals surface area contributed by atoms with Gasteiger partial charge in [-0.25, -0.2) is 0 Å². The van der Waals surface area contributed by atoms with E-state index in [1.54, 1.807) is 31.1 Å². The van der Waals surface area contributed by atoms with Crippen LogP contribution in [0.25, 0.3) is 0 Å². The van der Waals surface area contributed by atoms with Crippen LogP contribution in [-0.4, -0.2) is 62.5 Å². The van der Waals surface area contributed by atoms with Gasteiger partial charge in [-0.3, -0.25) is 14.5 Å². The highest BCUT2D eigenvalue weighted by atomic mass is 16.5. The fraction of sp³-hybridized carbons (Fsp3) is 0.417. The van der Waals surface area contributed by atoms with Gasteiger partial charge in [0.05, 0.1) is 27.3 Å². The number of nitrogens with zero attached hydrogens (tertiary/aromatic N) is 2. The maximum Gasteiger partial charge on any atom is 0.238 e. The zero-order valence-electron chi connectivity index (χ0n) is 19.3. The maximum absolute atomic E-state index is 12.8. The molecule has 0 aliphatic rings. The number of hydrogen-bond acceptors (Lipinski definition) is 5. The van der Waals surface area contributed by atoms with E-state index in [4.69, 9.17) is 9.47 Å². The first kappa shape index (κ1) is 24.2. The molecule has 0 aliphatic carbocycles. The lowest BCUT2D eigenvalue weighted by Gasteiger charge is -2.25. The summed E-state index contributed by atoms with van der Waals surface area (Å²) in [5.41, 5.74) is 3.80. The van der Waals surface area contributed by atoms with Crippen molar-refractivity contribution >= 4 is 17.5 Å². The van der Waals surface area contributed by atoms with E-state index in [9.17, 15) is 9.59 Å². The van der Waals surface area contributed by atoms with Gasteiger partial charge in [-0.05, 0) is 56.6 Å². The summed E-state index contributed by atoms with van der Waals surface area (Å²) in [6, 6.07) is 11.5. The van der Waals surface area contributed by atoms with Crippen LogP contribution >= 0.6 is 0 Å². The van der Waals surface area contributed by atoms with Gasteiger partial charge in [-0.15, -0.1) is 0 Å². The predicted octanol–water partition coefficient (Wildman–Crippen LogP) is 3.24. The number of ether oxygens (including phenoxy) is 2. The van der Waals surface area contributed by atoms with Crippen LogP contribution in [0, 0.1) is 13.8 Å². The summed E-state index contributed by atoms with van der Waals surface area (Å²) in [5.74, 6) is 1.09. The zero-order chi connectivity index (χ0) is 23.0. The Labute approximate surface area is 184 Å². The molecule has 0 heterocycles. The molecule has 0 atom stereocenters. The Kier molecular flexibility index (Phi) is 8.88. The molecule has 2 rings (SSSR count). The average molecular weight is 428 g/mol. The molecule has 0 unspecified atom stereocenters. The van der Waals surface area contributed by atoms with Crippen molar-refractivity contribution in [3.05, 3.63) is 53.1 Å². The summed E-state index contributed by atoms with van der Waals surface area (Å²) in [5, 5.41) is 2.96. The van der Waals surface area contributed by atoms with Crippen molar-refractivity contribution in [2.45, 2.75) is 27.3 Å². The average Bonchev–Trinajstić information content (AvgIpc) is 2.74. The summed E-state index contributed by atoms with van der Waals surface area (Å²) in [6.45, 7) is 7.17. The van der Waals surface area contributed by atoms with Crippen LogP contribution in [0.2, 0.25) is 0 Å². The minimum Gasteiger partial charge on any atom is -0.493 e. The third kappa shape index (κ3) is 6.72. The molecule has 7 nitrogen and oxygen atoms in total. The smallest absolute Gasteiger partial charge is 0.238 e. The molecule has 2 aromatic rings. The highest BCUT2D eigenvalue weighted by Gasteiger charge is 2.18. The molecule has 0 aromatic heterocycles.